The normalized spacial score (nSPS) is 10.6. The lowest BCUT2D eigenvalue weighted by Gasteiger charge is -2.15. The Balaban J connectivity index is 1.90. The monoisotopic (exact) mass is 343 g/mol. The molecule has 0 radical (unpaired) electrons. The lowest BCUT2D eigenvalue weighted by atomic mass is 10.1. The van der Waals surface area contributed by atoms with Gasteiger partial charge in [0.05, 0.1) is 26.8 Å². The zero-order valence-corrected chi connectivity index (χ0v) is 14.2. The second-order valence-corrected chi connectivity index (χ2v) is 5.27. The first kappa shape index (κ1) is 16.8. The molecule has 6 nitrogen and oxygen atoms in total. The van der Waals surface area contributed by atoms with Gasteiger partial charge in [-0.3, -0.25) is 0 Å². The molecule has 7 heteroatoms. The topological polar surface area (TPSA) is 65.5 Å². The van der Waals surface area contributed by atoms with Crippen LogP contribution in [-0.4, -0.2) is 31.3 Å². The molecule has 1 N–H and O–H groups in total. The first-order chi connectivity index (χ1) is 12.2. The van der Waals surface area contributed by atoms with Gasteiger partial charge in [-0.2, -0.15) is 0 Å². The summed E-state index contributed by atoms with van der Waals surface area (Å²) in [6.07, 6.45) is 1.44. The standard InChI is InChI=1S/C18H18FN3O3/c1-23-15-6-11(7-16(24-2)17(15)25-3)9-20-18-13-8-12(19)4-5-14(13)21-10-22-18/h4-8,10H,9H2,1-3H3,(H,20,21,22). The van der Waals surface area contributed by atoms with Crippen molar-refractivity contribution in [3.8, 4) is 17.2 Å². The summed E-state index contributed by atoms with van der Waals surface area (Å²) in [7, 11) is 4.68. The third-order valence-corrected chi connectivity index (χ3v) is 3.78. The van der Waals surface area contributed by atoms with Crippen molar-refractivity contribution >= 4 is 16.7 Å². The van der Waals surface area contributed by atoms with E-state index >= 15 is 0 Å². The molecule has 3 rings (SSSR count). The van der Waals surface area contributed by atoms with E-state index in [1.165, 1.54) is 18.5 Å². The van der Waals surface area contributed by atoms with Gasteiger partial charge in [0.1, 0.15) is 18.0 Å². The van der Waals surface area contributed by atoms with Gasteiger partial charge in [-0.05, 0) is 35.9 Å². The van der Waals surface area contributed by atoms with Crippen LogP contribution in [0.1, 0.15) is 5.56 Å². The highest BCUT2D eigenvalue weighted by atomic mass is 19.1. The van der Waals surface area contributed by atoms with Crippen LogP contribution >= 0.6 is 0 Å². The van der Waals surface area contributed by atoms with Crippen LogP contribution in [0.2, 0.25) is 0 Å². The molecule has 1 heterocycles. The lowest BCUT2D eigenvalue weighted by molar-refractivity contribution is 0.324. The Hall–Kier alpha value is -3.09. The maximum atomic E-state index is 13.5. The molecule has 25 heavy (non-hydrogen) atoms. The Labute approximate surface area is 144 Å². The lowest BCUT2D eigenvalue weighted by Crippen LogP contribution is -2.04. The quantitative estimate of drug-likeness (QED) is 0.740. The van der Waals surface area contributed by atoms with Crippen molar-refractivity contribution in [3.05, 3.63) is 48.0 Å². The van der Waals surface area contributed by atoms with Crippen molar-refractivity contribution in [3.63, 3.8) is 0 Å². The summed E-state index contributed by atoms with van der Waals surface area (Å²) in [5, 5.41) is 3.82. The fraction of sp³-hybridized carbons (Fsp3) is 0.222. The minimum atomic E-state index is -0.335. The summed E-state index contributed by atoms with van der Waals surface area (Å²) < 4.78 is 29.5. The number of anilines is 1. The number of benzene rings is 2. The number of hydrogen-bond acceptors (Lipinski definition) is 6. The second kappa shape index (κ2) is 7.21. The molecule has 0 unspecified atom stereocenters. The van der Waals surface area contributed by atoms with Gasteiger partial charge in [-0.1, -0.05) is 0 Å². The van der Waals surface area contributed by atoms with Crippen LogP contribution in [0.4, 0.5) is 10.2 Å². The first-order valence-corrected chi connectivity index (χ1v) is 7.59. The fourth-order valence-corrected chi connectivity index (χ4v) is 2.59. The number of methoxy groups -OCH3 is 3. The third kappa shape index (κ3) is 3.40. The zero-order chi connectivity index (χ0) is 17.8. The smallest absolute Gasteiger partial charge is 0.203 e. The predicted molar refractivity (Wildman–Crippen MR) is 92.9 cm³/mol. The summed E-state index contributed by atoms with van der Waals surface area (Å²) >= 11 is 0. The van der Waals surface area contributed by atoms with Gasteiger partial charge in [-0.15, -0.1) is 0 Å². The van der Waals surface area contributed by atoms with Crippen molar-refractivity contribution in [1.82, 2.24) is 9.97 Å². The minimum absolute atomic E-state index is 0.335. The zero-order valence-electron chi connectivity index (χ0n) is 14.2. The molecule has 0 amide bonds. The van der Waals surface area contributed by atoms with E-state index in [0.717, 1.165) is 5.56 Å². The van der Waals surface area contributed by atoms with Crippen molar-refractivity contribution < 1.29 is 18.6 Å². The maximum Gasteiger partial charge on any atom is 0.203 e. The molecule has 0 fully saturated rings. The van der Waals surface area contributed by atoms with Crippen LogP contribution < -0.4 is 19.5 Å². The summed E-state index contributed by atoms with van der Waals surface area (Å²) in [5.41, 5.74) is 1.57. The third-order valence-electron chi connectivity index (χ3n) is 3.78. The van der Waals surface area contributed by atoms with Crippen molar-refractivity contribution in [1.29, 1.82) is 0 Å². The number of nitrogens with one attached hydrogen (secondary N) is 1. The number of hydrogen-bond donors (Lipinski definition) is 1. The fourth-order valence-electron chi connectivity index (χ4n) is 2.59. The average molecular weight is 343 g/mol. The van der Waals surface area contributed by atoms with E-state index in [1.54, 1.807) is 27.4 Å². The van der Waals surface area contributed by atoms with Gasteiger partial charge >= 0.3 is 0 Å². The highest BCUT2D eigenvalue weighted by molar-refractivity contribution is 5.88. The minimum Gasteiger partial charge on any atom is -0.493 e. The van der Waals surface area contributed by atoms with E-state index in [9.17, 15) is 4.39 Å². The van der Waals surface area contributed by atoms with Crippen LogP contribution in [0.3, 0.4) is 0 Å². The molecule has 0 aliphatic rings. The molecule has 0 spiro atoms. The Bertz CT molecular complexity index is 877. The Kier molecular flexibility index (Phi) is 4.83. The maximum absolute atomic E-state index is 13.5. The van der Waals surface area contributed by atoms with Crippen molar-refractivity contribution in [2.45, 2.75) is 6.54 Å². The van der Waals surface area contributed by atoms with Gasteiger partial charge in [0.2, 0.25) is 5.75 Å². The number of ether oxygens (including phenoxy) is 3. The molecule has 0 saturated heterocycles. The number of halogens is 1. The number of rotatable bonds is 6. The molecule has 2 aromatic carbocycles. The molecule has 0 aliphatic heterocycles. The summed E-state index contributed by atoms with van der Waals surface area (Å²) in [6.45, 7) is 0.444. The van der Waals surface area contributed by atoms with Gasteiger partial charge < -0.3 is 19.5 Å². The second-order valence-electron chi connectivity index (χ2n) is 5.27. The van der Waals surface area contributed by atoms with Crippen LogP contribution in [0.25, 0.3) is 10.9 Å². The molecule has 3 aromatic rings. The van der Waals surface area contributed by atoms with E-state index in [0.29, 0.717) is 40.5 Å². The molecular formula is C18H18FN3O3. The van der Waals surface area contributed by atoms with E-state index in [1.807, 2.05) is 12.1 Å². The van der Waals surface area contributed by atoms with Gasteiger partial charge in [0.15, 0.2) is 11.5 Å². The number of nitrogens with zero attached hydrogens (tertiary/aromatic N) is 2. The number of aromatic nitrogens is 2. The SMILES string of the molecule is COc1cc(CNc2ncnc3ccc(F)cc23)cc(OC)c1OC. The van der Waals surface area contributed by atoms with Crippen molar-refractivity contribution in [2.75, 3.05) is 26.6 Å². The summed E-state index contributed by atoms with van der Waals surface area (Å²) in [5.74, 6) is 1.88. The highest BCUT2D eigenvalue weighted by Crippen LogP contribution is 2.38. The molecule has 130 valence electrons. The molecule has 1 aromatic heterocycles. The largest absolute Gasteiger partial charge is 0.493 e. The van der Waals surface area contributed by atoms with Crippen molar-refractivity contribution in [2.24, 2.45) is 0 Å². The molecule has 0 atom stereocenters. The van der Waals surface area contributed by atoms with E-state index in [-0.39, 0.29) is 5.82 Å². The Morgan fingerprint density at radius 3 is 2.32 bits per heavy atom. The van der Waals surface area contributed by atoms with Gasteiger partial charge in [0, 0.05) is 11.9 Å². The average Bonchev–Trinajstić information content (AvgIpc) is 2.65. The van der Waals surface area contributed by atoms with E-state index in [2.05, 4.69) is 15.3 Å². The van der Waals surface area contributed by atoms with E-state index in [4.69, 9.17) is 14.2 Å². The van der Waals surface area contributed by atoms with Crippen LogP contribution in [-0.2, 0) is 6.54 Å². The molecule has 0 aliphatic carbocycles. The highest BCUT2D eigenvalue weighted by Gasteiger charge is 2.13. The molecule has 0 bridgehead atoms. The van der Waals surface area contributed by atoms with Crippen LogP contribution in [0.5, 0.6) is 17.2 Å². The van der Waals surface area contributed by atoms with E-state index < -0.39 is 0 Å². The van der Waals surface area contributed by atoms with Crippen LogP contribution in [0.15, 0.2) is 36.7 Å². The summed E-state index contributed by atoms with van der Waals surface area (Å²) in [4.78, 5) is 8.35. The Morgan fingerprint density at radius 1 is 0.960 bits per heavy atom. The molecular weight excluding hydrogens is 325 g/mol. The summed E-state index contributed by atoms with van der Waals surface area (Å²) in [6, 6.07) is 8.10. The number of fused-ring (bicyclic) bond motifs is 1. The van der Waals surface area contributed by atoms with Crippen LogP contribution in [0, 0.1) is 5.82 Å². The van der Waals surface area contributed by atoms with Gasteiger partial charge in [-0.25, -0.2) is 14.4 Å². The first-order valence-electron chi connectivity index (χ1n) is 7.59. The Morgan fingerprint density at radius 2 is 1.68 bits per heavy atom. The predicted octanol–water partition coefficient (Wildman–Crippen LogP) is 3.41. The molecule has 0 saturated carbocycles. The van der Waals surface area contributed by atoms with Gasteiger partial charge in [0.25, 0.3) is 0 Å².